The Morgan fingerprint density at radius 3 is 2.68 bits per heavy atom. The first kappa shape index (κ1) is 20.2. The summed E-state index contributed by atoms with van der Waals surface area (Å²) in [4.78, 5) is 7.69. The van der Waals surface area contributed by atoms with Crippen molar-refractivity contribution in [2.75, 3.05) is 0 Å². The Morgan fingerprint density at radius 1 is 1.06 bits per heavy atom. The number of nitrogens with zero attached hydrogens (tertiary/aromatic N) is 2. The molecule has 4 aromatic rings. The number of thiocarbonyl (C=S) groups is 1. The summed E-state index contributed by atoms with van der Waals surface area (Å²) < 4.78 is 11.9. The normalized spacial score (nSPS) is 18.4. The van der Waals surface area contributed by atoms with Gasteiger partial charge in [-0.2, -0.15) is 0 Å². The molecule has 0 bridgehead atoms. The van der Waals surface area contributed by atoms with Gasteiger partial charge in [0.05, 0.1) is 24.5 Å². The van der Waals surface area contributed by atoms with Crippen molar-refractivity contribution in [3.8, 4) is 0 Å². The zero-order valence-electron chi connectivity index (χ0n) is 16.3. The first-order valence-electron chi connectivity index (χ1n) is 9.71. The number of aromatic nitrogens is 1. The summed E-state index contributed by atoms with van der Waals surface area (Å²) in [6, 6.07) is 21.1. The minimum atomic E-state index is -0.160. The van der Waals surface area contributed by atoms with Gasteiger partial charge in [0.15, 0.2) is 10.2 Å². The van der Waals surface area contributed by atoms with Crippen molar-refractivity contribution in [1.82, 2.24) is 15.2 Å². The molecule has 1 aliphatic heterocycles. The van der Waals surface area contributed by atoms with Crippen LogP contribution in [-0.4, -0.2) is 15.0 Å². The highest BCUT2D eigenvalue weighted by Crippen LogP contribution is 2.42. The fourth-order valence-corrected chi connectivity index (χ4v) is 4.83. The molecule has 0 unspecified atom stereocenters. The number of pyridine rings is 1. The molecule has 3 aromatic heterocycles. The van der Waals surface area contributed by atoms with Crippen LogP contribution in [0.1, 0.15) is 29.3 Å². The van der Waals surface area contributed by atoms with E-state index in [1.807, 2.05) is 66.7 Å². The first-order chi connectivity index (χ1) is 15.2. The highest BCUT2D eigenvalue weighted by atomic mass is 35.5. The van der Waals surface area contributed by atoms with Crippen molar-refractivity contribution >= 4 is 40.7 Å². The van der Waals surface area contributed by atoms with E-state index in [0.29, 0.717) is 16.7 Å². The number of benzene rings is 1. The van der Waals surface area contributed by atoms with Crippen LogP contribution in [0.15, 0.2) is 98.0 Å². The molecule has 0 saturated carbocycles. The molecule has 5 rings (SSSR count). The van der Waals surface area contributed by atoms with Gasteiger partial charge in [0.2, 0.25) is 0 Å². The van der Waals surface area contributed by atoms with Gasteiger partial charge < -0.3 is 19.1 Å². The predicted molar refractivity (Wildman–Crippen MR) is 124 cm³/mol. The van der Waals surface area contributed by atoms with Gasteiger partial charge in [-0.05, 0) is 72.9 Å². The smallest absolute Gasteiger partial charge is 0.170 e. The minimum absolute atomic E-state index is 0.136. The molecule has 8 heteroatoms. The van der Waals surface area contributed by atoms with Gasteiger partial charge in [-0.15, -0.1) is 0 Å². The van der Waals surface area contributed by atoms with Crippen LogP contribution in [0.5, 0.6) is 0 Å². The molecule has 0 amide bonds. The van der Waals surface area contributed by atoms with Crippen LogP contribution >= 0.6 is 35.6 Å². The van der Waals surface area contributed by atoms with Crippen molar-refractivity contribution in [2.45, 2.75) is 28.6 Å². The summed E-state index contributed by atoms with van der Waals surface area (Å²) in [7, 11) is 0. The van der Waals surface area contributed by atoms with E-state index in [0.717, 1.165) is 27.2 Å². The third-order valence-corrected chi connectivity index (χ3v) is 6.56. The molecule has 1 aliphatic rings. The van der Waals surface area contributed by atoms with Crippen molar-refractivity contribution in [3.63, 3.8) is 0 Å². The fraction of sp³-hybridized carbons (Fsp3) is 0.130. The molecule has 31 heavy (non-hydrogen) atoms. The van der Waals surface area contributed by atoms with E-state index in [-0.39, 0.29) is 12.1 Å². The van der Waals surface area contributed by atoms with Gasteiger partial charge in [0.25, 0.3) is 0 Å². The number of halogens is 1. The lowest BCUT2D eigenvalue weighted by atomic mass is 10.0. The van der Waals surface area contributed by atoms with Gasteiger partial charge >= 0.3 is 0 Å². The van der Waals surface area contributed by atoms with Gasteiger partial charge in [-0.3, -0.25) is 4.98 Å². The lowest BCUT2D eigenvalue weighted by Crippen LogP contribution is -2.28. The monoisotopic (exact) mass is 467 g/mol. The van der Waals surface area contributed by atoms with E-state index in [4.69, 9.17) is 32.7 Å². The number of furan rings is 2. The summed E-state index contributed by atoms with van der Waals surface area (Å²) in [5.74, 6) is 1.64. The summed E-state index contributed by atoms with van der Waals surface area (Å²) in [6.07, 6.45) is 3.46. The SMILES string of the molecule is S=C1N[C@H](c2ccccn2)[C@H](c2ccc(Sc3ccc(Cl)cc3)o2)N1Cc1ccco1. The van der Waals surface area contributed by atoms with Crippen LogP contribution in [0.25, 0.3) is 0 Å². The van der Waals surface area contributed by atoms with Crippen LogP contribution in [-0.2, 0) is 6.54 Å². The largest absolute Gasteiger partial charge is 0.467 e. The molecular formula is C23H18ClN3O2S2. The van der Waals surface area contributed by atoms with E-state index in [9.17, 15) is 0 Å². The second-order valence-corrected chi connectivity index (χ2v) is 8.95. The number of nitrogens with one attached hydrogen (secondary N) is 1. The molecule has 0 radical (unpaired) electrons. The minimum Gasteiger partial charge on any atom is -0.467 e. The standard InChI is InChI=1S/C23H18ClN3O2S2/c24-15-6-8-17(9-7-15)31-20-11-10-19(29-20)22-21(18-5-1-2-12-25-18)26-23(30)27(22)14-16-4-3-13-28-16/h1-13,21-22H,14H2,(H,26,30)/t21-,22+/m1/s1. The third kappa shape index (κ3) is 4.35. The van der Waals surface area contributed by atoms with Crippen LogP contribution in [0.2, 0.25) is 5.02 Å². The van der Waals surface area contributed by atoms with Crippen molar-refractivity contribution in [2.24, 2.45) is 0 Å². The zero-order valence-corrected chi connectivity index (χ0v) is 18.7. The predicted octanol–water partition coefficient (Wildman–Crippen LogP) is 6.24. The molecule has 0 spiro atoms. The lowest BCUT2D eigenvalue weighted by Gasteiger charge is -2.25. The Hall–Kier alpha value is -2.74. The Morgan fingerprint density at radius 2 is 1.94 bits per heavy atom. The van der Waals surface area contributed by atoms with E-state index >= 15 is 0 Å². The van der Waals surface area contributed by atoms with E-state index in [2.05, 4.69) is 15.2 Å². The molecule has 1 saturated heterocycles. The van der Waals surface area contributed by atoms with E-state index in [1.165, 1.54) is 0 Å². The van der Waals surface area contributed by atoms with Crippen LogP contribution < -0.4 is 5.32 Å². The quantitative estimate of drug-likeness (QED) is 0.336. The van der Waals surface area contributed by atoms with Gasteiger partial charge in [-0.25, -0.2) is 0 Å². The third-order valence-electron chi connectivity index (χ3n) is 5.03. The lowest BCUT2D eigenvalue weighted by molar-refractivity contribution is 0.241. The fourth-order valence-electron chi connectivity index (χ4n) is 3.62. The molecule has 4 heterocycles. The Kier molecular flexibility index (Phi) is 5.72. The Labute approximate surface area is 194 Å². The molecule has 5 nitrogen and oxygen atoms in total. The number of hydrogen-bond acceptors (Lipinski definition) is 5. The first-order valence-corrected chi connectivity index (χ1v) is 11.3. The molecule has 156 valence electrons. The van der Waals surface area contributed by atoms with Crippen LogP contribution in [0, 0.1) is 0 Å². The van der Waals surface area contributed by atoms with Crippen molar-refractivity contribution < 1.29 is 8.83 Å². The average molecular weight is 468 g/mol. The maximum Gasteiger partial charge on any atom is 0.170 e. The van der Waals surface area contributed by atoms with Gasteiger partial charge in [-0.1, -0.05) is 29.4 Å². The molecule has 0 aliphatic carbocycles. The zero-order chi connectivity index (χ0) is 21.2. The highest BCUT2D eigenvalue weighted by molar-refractivity contribution is 7.99. The van der Waals surface area contributed by atoms with Crippen molar-refractivity contribution in [1.29, 1.82) is 0 Å². The van der Waals surface area contributed by atoms with Crippen molar-refractivity contribution in [3.05, 3.63) is 101 Å². The summed E-state index contributed by atoms with van der Waals surface area (Å²) >= 11 is 13.2. The highest BCUT2D eigenvalue weighted by Gasteiger charge is 2.42. The summed E-state index contributed by atoms with van der Waals surface area (Å²) in [5, 5.41) is 5.57. The number of rotatable bonds is 6. The van der Waals surface area contributed by atoms with E-state index in [1.54, 1.807) is 24.2 Å². The summed E-state index contributed by atoms with van der Waals surface area (Å²) in [5.41, 5.74) is 0.903. The van der Waals surface area contributed by atoms with Crippen LogP contribution in [0.4, 0.5) is 0 Å². The summed E-state index contributed by atoms with van der Waals surface area (Å²) in [6.45, 7) is 0.535. The molecule has 1 N–H and O–H groups in total. The van der Waals surface area contributed by atoms with Gasteiger partial charge in [0, 0.05) is 16.1 Å². The maximum absolute atomic E-state index is 6.28. The molecule has 1 fully saturated rings. The topological polar surface area (TPSA) is 54.4 Å². The maximum atomic E-state index is 6.28. The molecular weight excluding hydrogens is 450 g/mol. The Balaban J connectivity index is 1.46. The Bertz CT molecular complexity index is 1160. The number of hydrogen-bond donors (Lipinski definition) is 1. The second kappa shape index (κ2) is 8.78. The van der Waals surface area contributed by atoms with E-state index < -0.39 is 0 Å². The average Bonchev–Trinajstić information content (AvgIpc) is 3.52. The second-order valence-electron chi connectivity index (χ2n) is 7.05. The molecule has 1 aromatic carbocycles. The molecule has 2 atom stereocenters. The van der Waals surface area contributed by atoms with Gasteiger partial charge in [0.1, 0.15) is 17.6 Å². The van der Waals surface area contributed by atoms with Crippen LogP contribution in [0.3, 0.4) is 0 Å².